The first-order chi connectivity index (χ1) is 19.9. The van der Waals surface area contributed by atoms with Crippen LogP contribution in [0.4, 0.5) is 0 Å². The zero-order valence-corrected chi connectivity index (χ0v) is 21.6. The largest absolute Gasteiger partial charge is 0.508 e. The third-order valence-corrected chi connectivity index (χ3v) is 7.70. The Hall–Kier alpha value is -3.35. The Morgan fingerprint density at radius 1 is 0.643 bits per heavy atom. The first-order valence-corrected chi connectivity index (χ1v) is 12.9. The summed E-state index contributed by atoms with van der Waals surface area (Å²) in [5, 5.41) is 114. The van der Waals surface area contributed by atoms with Gasteiger partial charge in [0, 0.05) is 11.6 Å². The standard InChI is InChI=1S/C27H30O15/c28-6-12-17(32)21(36)23(38)26(41-12)15-19(34)14-10(31)5-11(8-1-3-9(30)4-2-8)40-25(14)16(20(15)35)27-24(39)22(37)18(33)13(7-29)42-27/h1-5,12-13,17-18,21-24,26-30,32-39H,6-7H2/t12-,13-,17-,18-,21+,22-,23-,24-,26+,27+/m1/s1. The highest BCUT2D eigenvalue weighted by Crippen LogP contribution is 2.51. The molecular formula is C27H30O15. The Balaban J connectivity index is 1.82. The van der Waals surface area contributed by atoms with Crippen LogP contribution in [0.1, 0.15) is 23.3 Å². The maximum Gasteiger partial charge on any atom is 0.197 e. The Labute approximate surface area is 235 Å². The minimum Gasteiger partial charge on any atom is -0.508 e. The van der Waals surface area contributed by atoms with Crippen molar-refractivity contribution in [3.05, 3.63) is 51.7 Å². The lowest BCUT2D eigenvalue weighted by Gasteiger charge is -2.42. The summed E-state index contributed by atoms with van der Waals surface area (Å²) in [6, 6.07) is 6.37. The van der Waals surface area contributed by atoms with Crippen LogP contribution >= 0.6 is 0 Å². The van der Waals surface area contributed by atoms with E-state index in [2.05, 4.69) is 0 Å². The normalized spacial score (nSPS) is 33.6. The molecule has 11 N–H and O–H groups in total. The van der Waals surface area contributed by atoms with E-state index >= 15 is 0 Å². The summed E-state index contributed by atoms with van der Waals surface area (Å²) < 4.78 is 17.0. The van der Waals surface area contributed by atoms with E-state index in [1.54, 1.807) is 0 Å². The molecule has 0 radical (unpaired) electrons. The van der Waals surface area contributed by atoms with Gasteiger partial charge in [0.05, 0.1) is 24.3 Å². The molecule has 42 heavy (non-hydrogen) atoms. The lowest BCUT2D eigenvalue weighted by Crippen LogP contribution is -2.55. The molecule has 0 bridgehead atoms. The Morgan fingerprint density at radius 3 is 1.64 bits per heavy atom. The molecule has 0 aliphatic carbocycles. The maximum absolute atomic E-state index is 13.5. The van der Waals surface area contributed by atoms with Crippen molar-refractivity contribution < 1.29 is 70.1 Å². The summed E-state index contributed by atoms with van der Waals surface area (Å²) in [7, 11) is 0. The van der Waals surface area contributed by atoms with Crippen molar-refractivity contribution in [3.63, 3.8) is 0 Å². The summed E-state index contributed by atoms with van der Waals surface area (Å²) in [5.74, 6) is -2.20. The van der Waals surface area contributed by atoms with Crippen LogP contribution < -0.4 is 5.43 Å². The molecule has 3 heterocycles. The van der Waals surface area contributed by atoms with Crippen molar-refractivity contribution in [2.75, 3.05) is 13.2 Å². The van der Waals surface area contributed by atoms with Gasteiger partial charge < -0.3 is 70.1 Å². The lowest BCUT2D eigenvalue weighted by atomic mass is 9.85. The van der Waals surface area contributed by atoms with E-state index < -0.39 is 113 Å². The number of rotatable bonds is 5. The number of aliphatic hydroxyl groups is 8. The van der Waals surface area contributed by atoms with Crippen LogP contribution in [0.3, 0.4) is 0 Å². The number of aliphatic hydroxyl groups excluding tert-OH is 8. The highest BCUT2D eigenvalue weighted by Gasteiger charge is 2.50. The summed E-state index contributed by atoms with van der Waals surface area (Å²) in [6.45, 7) is -1.70. The monoisotopic (exact) mass is 594 g/mol. The van der Waals surface area contributed by atoms with E-state index in [1.807, 2.05) is 0 Å². The van der Waals surface area contributed by atoms with E-state index in [1.165, 1.54) is 24.3 Å². The van der Waals surface area contributed by atoms with Gasteiger partial charge in [-0.05, 0) is 24.3 Å². The molecule has 2 saturated heterocycles. The zero-order valence-electron chi connectivity index (χ0n) is 21.6. The van der Waals surface area contributed by atoms with Gasteiger partial charge in [-0.2, -0.15) is 0 Å². The van der Waals surface area contributed by atoms with Crippen LogP contribution in [-0.2, 0) is 9.47 Å². The minimum atomic E-state index is -2.02. The predicted molar refractivity (Wildman–Crippen MR) is 138 cm³/mol. The molecular weight excluding hydrogens is 564 g/mol. The van der Waals surface area contributed by atoms with Crippen molar-refractivity contribution in [2.45, 2.75) is 61.0 Å². The topological polar surface area (TPSA) is 271 Å². The third-order valence-electron chi connectivity index (χ3n) is 7.70. The summed E-state index contributed by atoms with van der Waals surface area (Å²) in [5.41, 5.74) is -2.48. The smallest absolute Gasteiger partial charge is 0.197 e. The molecule has 1 aromatic heterocycles. The Morgan fingerprint density at radius 2 is 1.14 bits per heavy atom. The molecule has 3 aromatic rings. The SMILES string of the molecule is O=c1cc(-c2ccc(O)cc2)oc2c([C@@H]3O[C@H](CO)[C@@H](O)[C@@H](O)[C@H]3O)c(O)c([C@@H]3O[C@H](CO)[C@@H](O)[C@H](O)[C@H]3O)c(O)c12. The van der Waals surface area contributed by atoms with Gasteiger partial charge in [0.1, 0.15) is 89.4 Å². The van der Waals surface area contributed by atoms with Gasteiger partial charge in [-0.3, -0.25) is 4.79 Å². The average molecular weight is 595 g/mol. The van der Waals surface area contributed by atoms with E-state index in [0.29, 0.717) is 0 Å². The molecule has 2 fully saturated rings. The number of benzene rings is 2. The number of phenols is 3. The summed E-state index contributed by atoms with van der Waals surface area (Å²) in [6.07, 6.45) is -18.2. The first-order valence-electron chi connectivity index (χ1n) is 12.9. The molecule has 15 heteroatoms. The van der Waals surface area contributed by atoms with Gasteiger partial charge in [-0.15, -0.1) is 0 Å². The number of phenolic OH excluding ortho intramolecular Hbond substituents is 3. The van der Waals surface area contributed by atoms with Gasteiger partial charge in [-0.1, -0.05) is 0 Å². The van der Waals surface area contributed by atoms with Crippen molar-refractivity contribution in [3.8, 4) is 28.6 Å². The molecule has 2 aliphatic rings. The van der Waals surface area contributed by atoms with E-state index in [0.717, 1.165) is 6.07 Å². The van der Waals surface area contributed by atoms with Crippen molar-refractivity contribution in [1.29, 1.82) is 0 Å². The molecule has 0 amide bonds. The number of ether oxygens (including phenoxy) is 2. The van der Waals surface area contributed by atoms with Crippen LogP contribution in [-0.4, -0.2) is 118 Å². The van der Waals surface area contributed by atoms with E-state index in [4.69, 9.17) is 13.9 Å². The molecule has 2 aromatic carbocycles. The molecule has 10 atom stereocenters. The van der Waals surface area contributed by atoms with E-state index in [9.17, 15) is 61.0 Å². The first kappa shape index (κ1) is 30.1. The highest BCUT2D eigenvalue weighted by molar-refractivity contribution is 5.92. The van der Waals surface area contributed by atoms with Gasteiger partial charge in [0.25, 0.3) is 0 Å². The molecule has 0 spiro atoms. The Bertz CT molecular complexity index is 1500. The van der Waals surface area contributed by atoms with E-state index in [-0.39, 0.29) is 17.1 Å². The molecule has 5 rings (SSSR count). The fourth-order valence-electron chi connectivity index (χ4n) is 5.39. The Kier molecular flexibility index (Phi) is 8.16. The van der Waals surface area contributed by atoms with Gasteiger partial charge in [0.15, 0.2) is 11.0 Å². The van der Waals surface area contributed by atoms with Crippen LogP contribution in [0.5, 0.6) is 17.2 Å². The molecule has 0 unspecified atom stereocenters. The van der Waals surface area contributed by atoms with Crippen LogP contribution in [0.2, 0.25) is 0 Å². The fourth-order valence-corrected chi connectivity index (χ4v) is 5.39. The second kappa shape index (κ2) is 11.4. The van der Waals surface area contributed by atoms with Crippen molar-refractivity contribution in [1.82, 2.24) is 0 Å². The molecule has 2 aliphatic heterocycles. The third kappa shape index (κ3) is 4.79. The molecule has 0 saturated carbocycles. The van der Waals surface area contributed by atoms with Gasteiger partial charge in [-0.25, -0.2) is 0 Å². The van der Waals surface area contributed by atoms with Crippen LogP contribution in [0.25, 0.3) is 22.3 Å². The van der Waals surface area contributed by atoms with Gasteiger partial charge >= 0.3 is 0 Å². The number of hydrogen-bond donors (Lipinski definition) is 11. The van der Waals surface area contributed by atoms with Crippen molar-refractivity contribution >= 4 is 11.0 Å². The second-order valence-corrected chi connectivity index (χ2v) is 10.2. The average Bonchev–Trinajstić information content (AvgIpc) is 2.97. The highest BCUT2D eigenvalue weighted by atomic mass is 16.6. The number of hydrogen-bond acceptors (Lipinski definition) is 15. The predicted octanol–water partition coefficient (Wildman–Crippen LogP) is -2.39. The minimum absolute atomic E-state index is 0.0941. The summed E-state index contributed by atoms with van der Waals surface area (Å²) in [4.78, 5) is 13.5. The zero-order chi connectivity index (χ0) is 30.6. The molecule has 15 nitrogen and oxygen atoms in total. The summed E-state index contributed by atoms with van der Waals surface area (Å²) >= 11 is 0. The van der Waals surface area contributed by atoms with Crippen molar-refractivity contribution in [2.24, 2.45) is 0 Å². The quantitative estimate of drug-likeness (QED) is 0.147. The molecule has 228 valence electrons. The van der Waals surface area contributed by atoms with Crippen LogP contribution in [0.15, 0.2) is 39.5 Å². The number of fused-ring (bicyclic) bond motifs is 1. The number of aromatic hydroxyl groups is 3. The second-order valence-electron chi connectivity index (χ2n) is 10.2. The van der Waals surface area contributed by atoms with Gasteiger partial charge in [0.2, 0.25) is 0 Å². The maximum atomic E-state index is 13.5. The van der Waals surface area contributed by atoms with Crippen LogP contribution in [0, 0.1) is 0 Å². The lowest BCUT2D eigenvalue weighted by molar-refractivity contribution is -0.234. The fraction of sp³-hybridized carbons (Fsp3) is 0.444.